The van der Waals surface area contributed by atoms with E-state index in [9.17, 15) is 4.79 Å². The summed E-state index contributed by atoms with van der Waals surface area (Å²) < 4.78 is 0. The molecule has 6 heteroatoms. The normalized spacial score (nSPS) is 15.8. The molecule has 1 aliphatic rings. The molecule has 4 rings (SSSR count). The van der Waals surface area contributed by atoms with Crippen LogP contribution in [0.25, 0.3) is 0 Å². The molecule has 0 aliphatic carbocycles. The lowest BCUT2D eigenvalue weighted by Crippen LogP contribution is -2.44. The molecule has 0 saturated carbocycles. The van der Waals surface area contributed by atoms with Crippen LogP contribution < -0.4 is 16.0 Å². The summed E-state index contributed by atoms with van der Waals surface area (Å²) in [6.45, 7) is 3.47. The molecule has 3 aromatic rings. The Kier molecular flexibility index (Phi) is 5.18. The van der Waals surface area contributed by atoms with E-state index in [-0.39, 0.29) is 11.9 Å². The predicted octanol–water partition coefficient (Wildman–Crippen LogP) is 3.64. The fourth-order valence-corrected chi connectivity index (χ4v) is 3.93. The van der Waals surface area contributed by atoms with Crippen LogP contribution in [0, 0.1) is 6.92 Å². The van der Waals surface area contributed by atoms with E-state index in [1.165, 1.54) is 28.0 Å². The third kappa shape index (κ3) is 4.18. The van der Waals surface area contributed by atoms with Gasteiger partial charge in [0.25, 0.3) is 5.91 Å². The number of anilines is 2. The number of fused-ring (bicyclic) bond motifs is 1. The number of carbonyl (C=O) groups is 1. The number of aryl methyl sites for hydroxylation is 1. The molecule has 1 aliphatic heterocycles. The number of aromatic nitrogens is 1. The molecule has 27 heavy (non-hydrogen) atoms. The highest BCUT2D eigenvalue weighted by atomic mass is 32.1. The van der Waals surface area contributed by atoms with E-state index in [1.807, 2.05) is 31.2 Å². The molecule has 2 aromatic carbocycles. The average Bonchev–Trinajstić information content (AvgIpc) is 3.16. The standard InChI is InChI=1S/C21H22N4OS/c1-14-6-8-17(9-7-14)25-21-19(24-13-27-21)20(26)23-12-18-10-15-4-2-3-5-16(15)11-22-18/h2-9,13,18,22,25H,10-12H2,1H3,(H,23,26). The van der Waals surface area contributed by atoms with Crippen molar-refractivity contribution < 1.29 is 4.79 Å². The number of rotatable bonds is 5. The van der Waals surface area contributed by atoms with Crippen LogP contribution in [-0.4, -0.2) is 23.5 Å². The van der Waals surface area contributed by atoms with Crippen LogP contribution in [0.2, 0.25) is 0 Å². The SMILES string of the molecule is Cc1ccc(Nc2scnc2C(=O)NCC2Cc3ccccc3CN2)cc1. The van der Waals surface area contributed by atoms with Crippen molar-refractivity contribution in [2.45, 2.75) is 25.9 Å². The highest BCUT2D eigenvalue weighted by molar-refractivity contribution is 7.14. The molecule has 1 amide bonds. The topological polar surface area (TPSA) is 66.0 Å². The van der Waals surface area contributed by atoms with Gasteiger partial charge in [0.2, 0.25) is 0 Å². The third-order valence-corrected chi connectivity index (χ3v) is 5.51. The van der Waals surface area contributed by atoms with E-state index in [0.29, 0.717) is 12.2 Å². The molecule has 0 fully saturated rings. The van der Waals surface area contributed by atoms with Crippen molar-refractivity contribution in [3.05, 3.63) is 76.4 Å². The van der Waals surface area contributed by atoms with E-state index < -0.39 is 0 Å². The molecule has 3 N–H and O–H groups in total. The number of carbonyl (C=O) groups excluding carboxylic acids is 1. The van der Waals surface area contributed by atoms with Gasteiger partial charge < -0.3 is 16.0 Å². The zero-order chi connectivity index (χ0) is 18.6. The first-order valence-corrected chi connectivity index (χ1v) is 9.92. The minimum Gasteiger partial charge on any atom is -0.349 e. The van der Waals surface area contributed by atoms with E-state index in [0.717, 1.165) is 23.7 Å². The van der Waals surface area contributed by atoms with Crippen LogP contribution >= 0.6 is 11.3 Å². The Morgan fingerprint density at radius 2 is 1.96 bits per heavy atom. The van der Waals surface area contributed by atoms with Crippen LogP contribution in [0.1, 0.15) is 27.2 Å². The second-order valence-electron chi connectivity index (χ2n) is 6.78. The minimum atomic E-state index is -0.147. The lowest BCUT2D eigenvalue weighted by atomic mass is 9.96. The summed E-state index contributed by atoms with van der Waals surface area (Å²) >= 11 is 1.43. The quantitative estimate of drug-likeness (QED) is 0.634. The zero-order valence-corrected chi connectivity index (χ0v) is 16.0. The first kappa shape index (κ1) is 17.7. The number of nitrogens with one attached hydrogen (secondary N) is 3. The Bertz CT molecular complexity index is 935. The maximum atomic E-state index is 12.6. The van der Waals surface area contributed by atoms with Gasteiger partial charge in [-0.2, -0.15) is 0 Å². The third-order valence-electron chi connectivity index (χ3n) is 4.77. The van der Waals surface area contributed by atoms with Gasteiger partial charge in [-0.25, -0.2) is 4.98 Å². The van der Waals surface area contributed by atoms with Gasteiger partial charge in [-0.3, -0.25) is 4.79 Å². The Morgan fingerprint density at radius 1 is 1.19 bits per heavy atom. The Labute approximate surface area is 162 Å². The van der Waals surface area contributed by atoms with Crippen LogP contribution in [0.5, 0.6) is 0 Å². The maximum Gasteiger partial charge on any atom is 0.273 e. The Morgan fingerprint density at radius 3 is 2.78 bits per heavy atom. The molecule has 138 valence electrons. The summed E-state index contributed by atoms with van der Waals surface area (Å²) in [6.07, 6.45) is 0.919. The van der Waals surface area contributed by atoms with Crippen molar-refractivity contribution in [3.8, 4) is 0 Å². The van der Waals surface area contributed by atoms with Gasteiger partial charge in [0, 0.05) is 24.8 Å². The number of thiazole rings is 1. The van der Waals surface area contributed by atoms with Gasteiger partial charge in [0.15, 0.2) is 5.69 Å². The fourth-order valence-electron chi connectivity index (χ4n) is 3.23. The van der Waals surface area contributed by atoms with E-state index in [1.54, 1.807) is 5.51 Å². The molecule has 0 radical (unpaired) electrons. The van der Waals surface area contributed by atoms with Crippen LogP contribution in [0.3, 0.4) is 0 Å². The summed E-state index contributed by atoms with van der Waals surface area (Å²) in [6, 6.07) is 16.7. The monoisotopic (exact) mass is 378 g/mol. The molecule has 5 nitrogen and oxygen atoms in total. The van der Waals surface area contributed by atoms with Gasteiger partial charge in [-0.05, 0) is 36.6 Å². The van der Waals surface area contributed by atoms with Gasteiger partial charge in [0.05, 0.1) is 5.51 Å². The molecular weight excluding hydrogens is 356 g/mol. The van der Waals surface area contributed by atoms with Crippen molar-refractivity contribution in [1.82, 2.24) is 15.6 Å². The molecular formula is C21H22N4OS. The zero-order valence-electron chi connectivity index (χ0n) is 15.2. The summed E-state index contributed by atoms with van der Waals surface area (Å²) in [4.78, 5) is 16.9. The van der Waals surface area contributed by atoms with Gasteiger partial charge in [-0.15, -0.1) is 11.3 Å². The van der Waals surface area contributed by atoms with E-state index >= 15 is 0 Å². The summed E-state index contributed by atoms with van der Waals surface area (Å²) in [5.74, 6) is -0.147. The number of benzene rings is 2. The van der Waals surface area contributed by atoms with E-state index in [2.05, 4.69) is 45.2 Å². The number of nitrogens with zero attached hydrogens (tertiary/aromatic N) is 1. The van der Waals surface area contributed by atoms with Crippen LogP contribution in [0.15, 0.2) is 54.0 Å². The average molecular weight is 379 g/mol. The predicted molar refractivity (Wildman–Crippen MR) is 110 cm³/mol. The molecule has 0 spiro atoms. The second-order valence-corrected chi connectivity index (χ2v) is 7.64. The minimum absolute atomic E-state index is 0.147. The highest BCUT2D eigenvalue weighted by Crippen LogP contribution is 2.25. The highest BCUT2D eigenvalue weighted by Gasteiger charge is 2.20. The Hall–Kier alpha value is -2.70. The maximum absolute atomic E-state index is 12.6. The molecule has 0 bridgehead atoms. The lowest BCUT2D eigenvalue weighted by molar-refractivity contribution is 0.0945. The smallest absolute Gasteiger partial charge is 0.273 e. The van der Waals surface area contributed by atoms with Crippen LogP contribution in [-0.2, 0) is 13.0 Å². The summed E-state index contributed by atoms with van der Waals surface area (Å²) in [5.41, 5.74) is 6.97. The molecule has 1 unspecified atom stereocenters. The molecule has 1 atom stereocenters. The fraction of sp³-hybridized carbons (Fsp3) is 0.238. The van der Waals surface area contributed by atoms with Gasteiger partial charge in [-0.1, -0.05) is 42.0 Å². The van der Waals surface area contributed by atoms with Crippen molar-refractivity contribution in [1.29, 1.82) is 0 Å². The first-order chi connectivity index (χ1) is 13.2. The number of hydrogen-bond donors (Lipinski definition) is 3. The van der Waals surface area contributed by atoms with Crippen LogP contribution in [0.4, 0.5) is 10.7 Å². The first-order valence-electron chi connectivity index (χ1n) is 9.04. The molecule has 2 heterocycles. The van der Waals surface area contributed by atoms with Crippen molar-refractivity contribution in [2.75, 3.05) is 11.9 Å². The Balaban J connectivity index is 1.37. The van der Waals surface area contributed by atoms with Gasteiger partial charge in [0.1, 0.15) is 5.00 Å². The molecule has 0 saturated heterocycles. The van der Waals surface area contributed by atoms with Crippen molar-refractivity contribution in [2.24, 2.45) is 0 Å². The lowest BCUT2D eigenvalue weighted by Gasteiger charge is -2.26. The second kappa shape index (κ2) is 7.90. The largest absolute Gasteiger partial charge is 0.349 e. The van der Waals surface area contributed by atoms with Gasteiger partial charge >= 0.3 is 0 Å². The van der Waals surface area contributed by atoms with E-state index in [4.69, 9.17) is 0 Å². The number of hydrogen-bond acceptors (Lipinski definition) is 5. The summed E-state index contributed by atoms with van der Waals surface area (Å²) in [7, 11) is 0. The molecule has 1 aromatic heterocycles. The number of amides is 1. The summed E-state index contributed by atoms with van der Waals surface area (Å²) in [5, 5.41) is 10.6. The van der Waals surface area contributed by atoms with Crippen molar-refractivity contribution in [3.63, 3.8) is 0 Å². The van der Waals surface area contributed by atoms with Crippen molar-refractivity contribution >= 4 is 27.9 Å².